The van der Waals surface area contributed by atoms with E-state index in [0.29, 0.717) is 10.8 Å². The Kier molecular flexibility index (Phi) is 8.71. The summed E-state index contributed by atoms with van der Waals surface area (Å²) in [5.41, 5.74) is 0.602. The van der Waals surface area contributed by atoms with Gasteiger partial charge in [0.1, 0.15) is 30.0 Å². The van der Waals surface area contributed by atoms with Gasteiger partial charge in [0.2, 0.25) is 11.6 Å². The third-order valence-electron chi connectivity index (χ3n) is 6.15. The monoisotopic (exact) mass is 628 g/mol. The van der Waals surface area contributed by atoms with Crippen molar-refractivity contribution in [3.05, 3.63) is 52.7 Å². The van der Waals surface area contributed by atoms with E-state index in [9.17, 15) is 28.0 Å². The van der Waals surface area contributed by atoms with Gasteiger partial charge in [0.15, 0.2) is 17.7 Å². The number of hydrogen-bond acceptors (Lipinski definition) is 10. The first-order chi connectivity index (χ1) is 21.0. The second-order valence-corrected chi connectivity index (χ2v) is 11.8. The van der Waals surface area contributed by atoms with Crippen molar-refractivity contribution >= 4 is 30.5 Å². The predicted octanol–water partition coefficient (Wildman–Crippen LogP) is 3.26. The molecule has 1 fully saturated rings. The zero-order valence-corrected chi connectivity index (χ0v) is 24.0. The second kappa shape index (κ2) is 12.8. The van der Waals surface area contributed by atoms with Crippen LogP contribution in [-0.2, 0) is 23.4 Å². The minimum Gasteiger partial charge on any atom is -0.463 e. The smallest absolute Gasteiger partial charge is 0.380 e. The molecule has 0 saturated carbocycles. The molecule has 4 N–H and O–H groups in total. The van der Waals surface area contributed by atoms with Crippen LogP contribution in [0.25, 0.3) is 11.0 Å². The van der Waals surface area contributed by atoms with Crippen LogP contribution in [0.3, 0.4) is 0 Å². The molecule has 0 aliphatic carbocycles. The third kappa shape index (κ3) is 6.88. The van der Waals surface area contributed by atoms with Gasteiger partial charge in [-0.3, -0.25) is 23.7 Å². The number of nitrogens with zero attached hydrogens (tertiary/aromatic N) is 2. The normalized spacial score (nSPS) is 24.9. The predicted molar refractivity (Wildman–Crippen MR) is 148 cm³/mol. The summed E-state index contributed by atoms with van der Waals surface area (Å²) in [4.78, 5) is 30.7. The average molecular weight is 629 g/mol. The van der Waals surface area contributed by atoms with Crippen LogP contribution in [0.15, 0.2) is 41.3 Å². The van der Waals surface area contributed by atoms with Crippen molar-refractivity contribution in [3.63, 3.8) is 0 Å². The number of aliphatic hydroxyl groups is 1. The quantitative estimate of drug-likeness (QED) is 0.172. The molecule has 12 nitrogen and oxygen atoms in total. The number of aliphatic hydroxyl groups excluding tert-OH is 1. The molecule has 0 amide bonds. The summed E-state index contributed by atoms with van der Waals surface area (Å²) in [6.07, 6.45) is -7.90. The van der Waals surface area contributed by atoms with Crippen molar-refractivity contribution in [2.45, 2.75) is 51.0 Å². The molecule has 0 spiro atoms. The number of aromatic nitrogens is 3. The minimum absolute atomic E-state index is 0.0383. The first-order valence-corrected chi connectivity index (χ1v) is 14.6. The van der Waals surface area contributed by atoms with Crippen LogP contribution in [0, 0.1) is 23.6 Å². The van der Waals surface area contributed by atoms with Crippen LogP contribution >= 0.6 is 7.60 Å². The van der Waals surface area contributed by atoms with Crippen LogP contribution in [0.1, 0.15) is 29.7 Å². The summed E-state index contributed by atoms with van der Waals surface area (Å²) in [6, 6.07) is 7.42. The first-order valence-electron chi connectivity index (χ1n) is 13.9. The van der Waals surface area contributed by atoms with Gasteiger partial charge >= 0.3 is 13.6 Å². The Balaban J connectivity index is 1.75. The van der Waals surface area contributed by atoms with E-state index in [1.807, 2.05) is 5.92 Å². The lowest BCUT2D eigenvalue weighted by atomic mass is 9.96. The van der Waals surface area contributed by atoms with E-state index < -0.39 is 97.4 Å². The number of carbonyl (C=O) groups is 1. The molecule has 0 bridgehead atoms. The number of halogens is 3. The molecule has 1 aliphatic rings. The number of H-pyrrole nitrogens is 1. The van der Waals surface area contributed by atoms with E-state index in [-0.39, 0.29) is 5.75 Å². The molecule has 1 aliphatic heterocycles. The molecule has 1 saturated heterocycles. The number of para-hydroxylation sites is 1. The number of nitrogens with two attached hydrogens (primary N) is 1. The fourth-order valence-corrected chi connectivity index (χ4v) is 5.99. The summed E-state index contributed by atoms with van der Waals surface area (Å²) >= 11 is 0. The van der Waals surface area contributed by atoms with Crippen molar-refractivity contribution in [1.29, 1.82) is 0 Å². The molecule has 1 aromatic carbocycles. The summed E-state index contributed by atoms with van der Waals surface area (Å²) < 4.78 is 97.9. The van der Waals surface area contributed by atoms with Gasteiger partial charge in [0, 0.05) is 6.20 Å². The van der Waals surface area contributed by atoms with Crippen LogP contribution < -0.4 is 15.8 Å². The molecule has 6 atom stereocenters. The standard InChI is InChI=1S/C27H30F3N4O8P/c1-15(2)40-24(37)16(3)14-43(38,42-17-8-5-4-6-9-17)39-13-19-21(35)27(30,10-7-11-28)25(41-19)34-12-18(29)20-22(34)32-26(31)33-23(20)36/h4-6,8-9,12,15-16,19,21,25,35H,11,13-14H2,1-3H3,(H3,31,32,33,36)/t16-,19-,21+,25-,27?,43+/m1/s1/i13D2. The molecule has 4 rings (SSSR count). The number of benzene rings is 1. The highest BCUT2D eigenvalue weighted by atomic mass is 31.2. The number of fused-ring (bicyclic) bond motifs is 1. The molecule has 3 heterocycles. The Morgan fingerprint density at radius 1 is 1.37 bits per heavy atom. The maximum Gasteiger partial charge on any atom is 0.380 e. The van der Waals surface area contributed by atoms with Gasteiger partial charge in [-0.25, -0.2) is 17.7 Å². The van der Waals surface area contributed by atoms with E-state index in [4.69, 9.17) is 27.0 Å². The summed E-state index contributed by atoms with van der Waals surface area (Å²) in [5, 5.41) is 10.4. The van der Waals surface area contributed by atoms with Gasteiger partial charge in [-0.2, -0.15) is 4.98 Å². The van der Waals surface area contributed by atoms with Crippen LogP contribution in [0.2, 0.25) is 0 Å². The Hall–Kier alpha value is -3.83. The van der Waals surface area contributed by atoms with E-state index in [0.717, 1.165) is 0 Å². The fraction of sp³-hybridized carbons (Fsp3) is 0.444. The third-order valence-corrected chi connectivity index (χ3v) is 8.02. The molecular weight excluding hydrogens is 596 g/mol. The molecule has 0 radical (unpaired) electrons. The van der Waals surface area contributed by atoms with E-state index in [2.05, 4.69) is 9.97 Å². The van der Waals surface area contributed by atoms with E-state index in [1.54, 1.807) is 25.8 Å². The van der Waals surface area contributed by atoms with E-state index in [1.165, 1.54) is 31.2 Å². The Morgan fingerprint density at radius 3 is 2.72 bits per heavy atom. The number of carbonyl (C=O) groups excluding carboxylic acids is 1. The zero-order chi connectivity index (χ0) is 33.3. The molecular formula is C27H30F3N4O8P. The van der Waals surface area contributed by atoms with Gasteiger partial charge < -0.3 is 24.8 Å². The number of hydrogen-bond donors (Lipinski definition) is 3. The number of anilines is 1. The SMILES string of the molecule is [2H]C([2H])(O[P@@](=O)(C[C@@H](C)C(=O)OC(C)C)Oc1ccccc1)[C@H]1O[C@@H](n2cc(F)c3c(=O)[nH]c(N)nc32)C(F)(C#CCF)[C@H]1O. The molecule has 2 aromatic heterocycles. The Morgan fingerprint density at radius 2 is 2.07 bits per heavy atom. The number of esters is 1. The molecule has 16 heteroatoms. The molecule has 232 valence electrons. The molecule has 43 heavy (non-hydrogen) atoms. The van der Waals surface area contributed by atoms with Gasteiger partial charge in [-0.15, -0.1) is 0 Å². The zero-order valence-electron chi connectivity index (χ0n) is 25.1. The van der Waals surface area contributed by atoms with Crippen molar-refractivity contribution in [2.75, 3.05) is 25.1 Å². The summed E-state index contributed by atoms with van der Waals surface area (Å²) in [7, 11) is -4.72. The van der Waals surface area contributed by atoms with Crippen LogP contribution in [-0.4, -0.2) is 69.0 Å². The number of alkyl halides is 2. The Bertz CT molecular complexity index is 1730. The lowest BCUT2D eigenvalue weighted by molar-refractivity contribution is -0.151. The Labute approximate surface area is 246 Å². The highest BCUT2D eigenvalue weighted by Crippen LogP contribution is 2.51. The lowest BCUT2D eigenvalue weighted by Gasteiger charge is -2.25. The van der Waals surface area contributed by atoms with Gasteiger partial charge in [0.25, 0.3) is 5.56 Å². The van der Waals surface area contributed by atoms with Crippen molar-refractivity contribution in [2.24, 2.45) is 5.92 Å². The van der Waals surface area contributed by atoms with Crippen LogP contribution in [0.5, 0.6) is 5.75 Å². The summed E-state index contributed by atoms with van der Waals surface area (Å²) in [5.74, 6) is -0.0484. The highest BCUT2D eigenvalue weighted by Gasteiger charge is 2.58. The maximum atomic E-state index is 16.6. The largest absolute Gasteiger partial charge is 0.463 e. The number of rotatable bonds is 10. The average Bonchev–Trinajstić information content (AvgIpc) is 3.40. The summed E-state index contributed by atoms with van der Waals surface area (Å²) in [6.45, 7) is -0.254. The topological polar surface area (TPSA) is 168 Å². The lowest BCUT2D eigenvalue weighted by Crippen LogP contribution is -2.42. The first kappa shape index (κ1) is 29.3. The van der Waals surface area contributed by atoms with Crippen molar-refractivity contribution in [1.82, 2.24) is 14.5 Å². The number of nitrogen functional groups attached to an aromatic ring is 1. The minimum atomic E-state index is -4.72. The van der Waals surface area contributed by atoms with Gasteiger partial charge in [0.05, 0.1) is 27.5 Å². The number of nitrogens with one attached hydrogen (secondary N) is 1. The van der Waals surface area contributed by atoms with Crippen molar-refractivity contribution < 1.29 is 48.9 Å². The second-order valence-electron chi connectivity index (χ2n) is 9.89. The number of ether oxygens (including phenoxy) is 2. The molecule has 3 aromatic rings. The number of aromatic amines is 1. The van der Waals surface area contributed by atoms with Crippen LogP contribution in [0.4, 0.5) is 19.1 Å². The van der Waals surface area contributed by atoms with E-state index >= 15 is 4.39 Å². The van der Waals surface area contributed by atoms with Crippen molar-refractivity contribution in [3.8, 4) is 17.6 Å². The maximum absolute atomic E-state index is 16.6. The fourth-order valence-electron chi connectivity index (χ4n) is 4.28. The van der Waals surface area contributed by atoms with Gasteiger partial charge in [-0.05, 0) is 26.0 Å². The highest BCUT2D eigenvalue weighted by molar-refractivity contribution is 7.54. The van der Waals surface area contributed by atoms with Gasteiger partial charge in [-0.1, -0.05) is 37.0 Å². The molecule has 1 unspecified atom stereocenters.